The largest absolute Gasteiger partial charge is 0.494 e. The van der Waals surface area contributed by atoms with Crippen LogP contribution in [0, 0.1) is 0 Å². The predicted octanol–water partition coefficient (Wildman–Crippen LogP) is 6.14. The van der Waals surface area contributed by atoms with Crippen molar-refractivity contribution in [2.75, 3.05) is 23.0 Å². The van der Waals surface area contributed by atoms with Crippen molar-refractivity contribution >= 4 is 46.6 Å². The Labute approximate surface area is 202 Å². The molecule has 33 heavy (non-hydrogen) atoms. The zero-order valence-corrected chi connectivity index (χ0v) is 19.9. The predicted molar refractivity (Wildman–Crippen MR) is 134 cm³/mol. The summed E-state index contributed by atoms with van der Waals surface area (Å²) in [6.07, 6.45) is 0. The number of likely N-dealkylation sites (N-methyl/N-ethyl adjacent to an activating group) is 1. The molecule has 7 heteroatoms. The van der Waals surface area contributed by atoms with Crippen molar-refractivity contribution in [3.05, 3.63) is 94.5 Å². The maximum absolute atomic E-state index is 13.7. The Morgan fingerprint density at radius 3 is 2.15 bits per heavy atom. The number of nitrogens with zero attached hydrogens (tertiary/aromatic N) is 2. The number of rotatable bonds is 8. The van der Waals surface area contributed by atoms with Gasteiger partial charge in [0.2, 0.25) is 0 Å². The number of hydrogen-bond donors (Lipinski definition) is 0. The summed E-state index contributed by atoms with van der Waals surface area (Å²) in [7, 11) is 0. The first kappa shape index (κ1) is 23.0. The molecule has 0 radical (unpaired) electrons. The normalized spacial score (nSPS) is 13.6. The number of anilines is 2. The lowest BCUT2D eigenvalue weighted by Gasteiger charge is -2.24. The highest BCUT2D eigenvalue weighted by Gasteiger charge is 2.42. The summed E-state index contributed by atoms with van der Waals surface area (Å²) in [4.78, 5) is 31.6. The van der Waals surface area contributed by atoms with Crippen LogP contribution in [0.5, 0.6) is 5.75 Å². The molecular weight excluding hydrogens is 456 g/mol. The van der Waals surface area contributed by atoms with Gasteiger partial charge >= 0.3 is 0 Å². The maximum atomic E-state index is 13.7. The van der Waals surface area contributed by atoms with Gasteiger partial charge in [-0.2, -0.15) is 0 Å². The van der Waals surface area contributed by atoms with Gasteiger partial charge in [0.05, 0.1) is 12.3 Å². The van der Waals surface area contributed by atoms with E-state index in [1.165, 1.54) is 16.7 Å². The van der Waals surface area contributed by atoms with Crippen LogP contribution in [-0.2, 0) is 9.59 Å². The zero-order chi connectivity index (χ0) is 23.4. The third-order valence-corrected chi connectivity index (χ3v) is 6.44. The lowest BCUT2D eigenvalue weighted by Crippen LogP contribution is -2.35. The van der Waals surface area contributed by atoms with Crippen LogP contribution in [0.15, 0.2) is 94.4 Å². The van der Waals surface area contributed by atoms with E-state index < -0.39 is 0 Å². The van der Waals surface area contributed by atoms with E-state index in [0.29, 0.717) is 40.2 Å². The van der Waals surface area contributed by atoms with Gasteiger partial charge < -0.3 is 9.64 Å². The van der Waals surface area contributed by atoms with Crippen LogP contribution in [-0.4, -0.2) is 25.0 Å². The van der Waals surface area contributed by atoms with Crippen molar-refractivity contribution in [1.29, 1.82) is 0 Å². The summed E-state index contributed by atoms with van der Waals surface area (Å²) in [5, 5.41) is 0.609. The van der Waals surface area contributed by atoms with Gasteiger partial charge in [-0.15, -0.1) is 0 Å². The molecule has 0 spiro atoms. The molecule has 168 valence electrons. The third kappa shape index (κ3) is 4.77. The Morgan fingerprint density at radius 1 is 0.879 bits per heavy atom. The Kier molecular flexibility index (Phi) is 7.06. The van der Waals surface area contributed by atoms with E-state index in [-0.39, 0.29) is 11.8 Å². The summed E-state index contributed by atoms with van der Waals surface area (Å²) in [6, 6.07) is 23.8. The number of benzene rings is 3. The Morgan fingerprint density at radius 2 is 1.55 bits per heavy atom. The number of carbonyl (C=O) groups excluding carboxylic acids is 2. The molecule has 0 saturated heterocycles. The zero-order valence-electron chi connectivity index (χ0n) is 18.3. The molecule has 3 aromatic carbocycles. The second kappa shape index (κ2) is 10.1. The molecule has 0 bridgehead atoms. The number of ether oxygens (including phenoxy) is 1. The van der Waals surface area contributed by atoms with Crippen LogP contribution < -0.4 is 14.5 Å². The van der Waals surface area contributed by atoms with Crippen LogP contribution in [0.4, 0.5) is 11.4 Å². The van der Waals surface area contributed by atoms with Crippen molar-refractivity contribution < 1.29 is 14.3 Å². The molecule has 1 aliphatic rings. The fourth-order valence-electron chi connectivity index (χ4n) is 3.62. The van der Waals surface area contributed by atoms with Crippen molar-refractivity contribution in [1.82, 2.24) is 0 Å². The monoisotopic (exact) mass is 478 g/mol. The lowest BCUT2D eigenvalue weighted by atomic mass is 10.2. The third-order valence-electron chi connectivity index (χ3n) is 5.11. The SMILES string of the molecule is CCOc1ccc(N2C(=O)C(Sc3ccc(Cl)cc3)=C(N(CC)c3ccccc3)C2=O)cc1. The topological polar surface area (TPSA) is 49.9 Å². The van der Waals surface area contributed by atoms with E-state index in [1.807, 2.05) is 61.2 Å². The van der Waals surface area contributed by atoms with E-state index in [9.17, 15) is 9.59 Å². The van der Waals surface area contributed by atoms with Crippen molar-refractivity contribution in [2.24, 2.45) is 0 Å². The Bertz CT molecular complexity index is 1180. The van der Waals surface area contributed by atoms with E-state index in [2.05, 4.69) is 0 Å². The van der Waals surface area contributed by atoms with Crippen molar-refractivity contribution in [3.8, 4) is 5.75 Å². The molecule has 0 unspecified atom stereocenters. The minimum atomic E-state index is -0.355. The van der Waals surface area contributed by atoms with Gasteiger partial charge in [0.25, 0.3) is 11.8 Å². The van der Waals surface area contributed by atoms with Gasteiger partial charge in [-0.05, 0) is 74.5 Å². The molecule has 1 aliphatic heterocycles. The number of imide groups is 1. The molecule has 0 saturated carbocycles. The summed E-state index contributed by atoms with van der Waals surface area (Å²) in [5.74, 6) is -0.0245. The first-order valence-electron chi connectivity index (χ1n) is 10.7. The van der Waals surface area contributed by atoms with Crippen LogP contribution in [0.3, 0.4) is 0 Å². The average molecular weight is 479 g/mol. The summed E-state index contributed by atoms with van der Waals surface area (Å²) >= 11 is 7.30. The maximum Gasteiger partial charge on any atom is 0.283 e. The minimum absolute atomic E-state index is 0.353. The summed E-state index contributed by atoms with van der Waals surface area (Å²) in [6.45, 7) is 4.93. The molecule has 0 fully saturated rings. The highest BCUT2D eigenvalue weighted by atomic mass is 35.5. The smallest absolute Gasteiger partial charge is 0.283 e. The van der Waals surface area contributed by atoms with Crippen LogP contribution in [0.1, 0.15) is 13.8 Å². The van der Waals surface area contributed by atoms with E-state index in [4.69, 9.17) is 16.3 Å². The second-order valence-corrected chi connectivity index (χ2v) is 8.71. The molecule has 1 heterocycles. The highest BCUT2D eigenvalue weighted by molar-refractivity contribution is 8.04. The molecule has 5 nitrogen and oxygen atoms in total. The molecular formula is C26H23ClN2O3S. The standard InChI is InChI=1S/C26H23ClN2O3S/c1-3-28(19-8-6-5-7-9-19)23-24(33-22-16-10-18(27)11-17-22)26(31)29(25(23)30)20-12-14-21(15-13-20)32-4-2/h5-17H,3-4H2,1-2H3. The number of halogens is 1. The fourth-order valence-corrected chi connectivity index (χ4v) is 4.73. The van der Waals surface area contributed by atoms with Crippen LogP contribution in [0.25, 0.3) is 0 Å². The lowest BCUT2D eigenvalue weighted by molar-refractivity contribution is -0.120. The number of carbonyl (C=O) groups is 2. The number of amides is 2. The fraction of sp³-hybridized carbons (Fsp3) is 0.154. The number of thioether (sulfide) groups is 1. The Balaban J connectivity index is 1.77. The van der Waals surface area contributed by atoms with E-state index >= 15 is 0 Å². The van der Waals surface area contributed by atoms with Gasteiger partial charge in [-0.1, -0.05) is 41.6 Å². The average Bonchev–Trinajstić information content (AvgIpc) is 3.07. The molecule has 0 atom stereocenters. The van der Waals surface area contributed by atoms with Gasteiger partial charge in [0.1, 0.15) is 16.4 Å². The van der Waals surface area contributed by atoms with Crippen molar-refractivity contribution in [2.45, 2.75) is 18.7 Å². The molecule has 0 aromatic heterocycles. The highest BCUT2D eigenvalue weighted by Crippen LogP contribution is 2.40. The van der Waals surface area contributed by atoms with Gasteiger partial charge in [-0.3, -0.25) is 9.59 Å². The molecule has 0 aliphatic carbocycles. The molecule has 3 aromatic rings. The quantitative estimate of drug-likeness (QED) is 0.364. The van der Waals surface area contributed by atoms with Gasteiger partial charge in [-0.25, -0.2) is 4.90 Å². The van der Waals surface area contributed by atoms with Crippen LogP contribution in [0.2, 0.25) is 5.02 Å². The summed E-state index contributed by atoms with van der Waals surface area (Å²) in [5.41, 5.74) is 1.71. The number of hydrogen-bond acceptors (Lipinski definition) is 5. The molecule has 0 N–H and O–H groups in total. The van der Waals surface area contributed by atoms with Crippen LogP contribution >= 0.6 is 23.4 Å². The van der Waals surface area contributed by atoms with Gasteiger partial charge in [0.15, 0.2) is 0 Å². The molecule has 4 rings (SSSR count). The van der Waals surface area contributed by atoms with E-state index in [0.717, 1.165) is 10.6 Å². The van der Waals surface area contributed by atoms with Gasteiger partial charge in [0, 0.05) is 22.2 Å². The first-order valence-corrected chi connectivity index (χ1v) is 11.8. The van der Waals surface area contributed by atoms with E-state index in [1.54, 1.807) is 36.4 Å². The minimum Gasteiger partial charge on any atom is -0.494 e. The molecule has 2 amide bonds. The second-order valence-electron chi connectivity index (χ2n) is 7.19. The first-order chi connectivity index (χ1) is 16.0. The number of para-hydroxylation sites is 1. The Hall–Kier alpha value is -3.22. The van der Waals surface area contributed by atoms with Crippen molar-refractivity contribution in [3.63, 3.8) is 0 Å². The summed E-state index contributed by atoms with van der Waals surface area (Å²) < 4.78 is 5.50.